The summed E-state index contributed by atoms with van der Waals surface area (Å²) >= 11 is 0.987. The van der Waals surface area contributed by atoms with Gasteiger partial charge in [0.2, 0.25) is 5.13 Å². The molecule has 1 aromatic carbocycles. The van der Waals surface area contributed by atoms with Gasteiger partial charge in [0, 0.05) is 49.9 Å². The van der Waals surface area contributed by atoms with Crippen molar-refractivity contribution in [1.82, 2.24) is 30.2 Å². The quantitative estimate of drug-likeness (QED) is 0.209. The number of hydrogen-bond donors (Lipinski definition) is 1. The number of benzene rings is 1. The number of piperazine rings is 1. The van der Waals surface area contributed by atoms with Crippen molar-refractivity contribution >= 4 is 50.1 Å². The molecule has 4 aliphatic heterocycles. The van der Waals surface area contributed by atoms with Crippen LogP contribution >= 0.6 is 11.3 Å². The number of thiazole rings is 1. The Hall–Kier alpha value is -3.49. The summed E-state index contributed by atoms with van der Waals surface area (Å²) in [5.41, 5.74) is -0.478. The fourth-order valence-corrected chi connectivity index (χ4v) is 8.44. The van der Waals surface area contributed by atoms with Gasteiger partial charge in [-0.05, 0) is 51.1 Å². The molecule has 4 aromatic rings. The predicted octanol–water partition coefficient (Wildman–Crippen LogP) is 5.61. The van der Waals surface area contributed by atoms with Crippen LogP contribution < -0.4 is 15.0 Å². The van der Waals surface area contributed by atoms with Crippen molar-refractivity contribution in [2.45, 2.75) is 62.3 Å². The van der Waals surface area contributed by atoms with Gasteiger partial charge in [0.25, 0.3) is 6.43 Å². The summed E-state index contributed by atoms with van der Waals surface area (Å²) < 4.78 is 65.9. The minimum atomic E-state index is -2.97. The molecule has 0 aliphatic carbocycles. The smallest absolute Gasteiger partial charge is 0.319 e. The van der Waals surface area contributed by atoms with E-state index in [1.54, 1.807) is 0 Å². The fourth-order valence-electron chi connectivity index (χ4n) is 7.64. The second-order valence-electron chi connectivity index (χ2n) is 12.2. The van der Waals surface area contributed by atoms with Gasteiger partial charge in [-0.15, -0.1) is 0 Å². The largest absolute Gasteiger partial charge is 0.461 e. The lowest BCUT2D eigenvalue weighted by Crippen LogP contribution is -2.51. The van der Waals surface area contributed by atoms with Crippen molar-refractivity contribution < 1.29 is 22.3 Å². The molecule has 4 saturated heterocycles. The van der Waals surface area contributed by atoms with E-state index >= 15 is 8.78 Å². The molecule has 1 N–H and O–H groups in total. The van der Waals surface area contributed by atoms with E-state index in [-0.39, 0.29) is 56.8 Å². The number of aromatic nitrogens is 4. The number of halogens is 4. The van der Waals surface area contributed by atoms with E-state index in [0.29, 0.717) is 37.3 Å². The van der Waals surface area contributed by atoms with Crippen LogP contribution in [-0.2, 0) is 0 Å². The van der Waals surface area contributed by atoms with Gasteiger partial charge in [-0.3, -0.25) is 9.88 Å². The first-order valence-corrected chi connectivity index (χ1v) is 15.7. The number of anilines is 1. The SMILES string of the molecule is C=Nc1nc2c(-c3ncc4c(N5CC6CCC(C5)N6)nc(OC[C@]56CCCN5C[C@H](F)C6)nc4c3C(F)F)ccc(F)c2s1. The number of fused-ring (bicyclic) bond motifs is 5. The van der Waals surface area contributed by atoms with E-state index < -0.39 is 29.5 Å². The van der Waals surface area contributed by atoms with Crippen molar-refractivity contribution in [2.75, 3.05) is 37.7 Å². The van der Waals surface area contributed by atoms with E-state index in [4.69, 9.17) is 9.72 Å². The van der Waals surface area contributed by atoms with E-state index in [9.17, 15) is 8.78 Å². The Labute approximate surface area is 254 Å². The van der Waals surface area contributed by atoms with E-state index in [1.807, 2.05) is 0 Å². The van der Waals surface area contributed by atoms with E-state index in [1.165, 1.54) is 18.3 Å². The summed E-state index contributed by atoms with van der Waals surface area (Å²) in [4.78, 5) is 26.2. The average molecular weight is 627 g/mol. The minimum Gasteiger partial charge on any atom is -0.461 e. The Morgan fingerprint density at radius 2 is 1.95 bits per heavy atom. The molecule has 4 fully saturated rings. The molecule has 44 heavy (non-hydrogen) atoms. The first kappa shape index (κ1) is 28.0. The predicted molar refractivity (Wildman–Crippen MR) is 161 cm³/mol. The summed E-state index contributed by atoms with van der Waals surface area (Å²) in [7, 11) is 0. The van der Waals surface area contributed by atoms with Crippen LogP contribution in [0.3, 0.4) is 0 Å². The van der Waals surface area contributed by atoms with Gasteiger partial charge in [-0.2, -0.15) is 9.97 Å². The maximum absolute atomic E-state index is 15.1. The van der Waals surface area contributed by atoms with Crippen molar-refractivity contribution in [1.29, 1.82) is 0 Å². The van der Waals surface area contributed by atoms with Crippen LogP contribution in [0.4, 0.5) is 28.5 Å². The van der Waals surface area contributed by atoms with Crippen LogP contribution in [-0.4, -0.2) is 88.1 Å². The lowest BCUT2D eigenvalue weighted by molar-refractivity contribution is 0.107. The van der Waals surface area contributed by atoms with Crippen molar-refractivity contribution in [2.24, 2.45) is 4.99 Å². The lowest BCUT2D eigenvalue weighted by atomic mass is 9.95. The van der Waals surface area contributed by atoms with E-state index in [0.717, 1.165) is 43.6 Å². The zero-order valence-corrected chi connectivity index (χ0v) is 24.6. The molecule has 14 heteroatoms. The van der Waals surface area contributed by atoms with Gasteiger partial charge >= 0.3 is 6.01 Å². The number of rotatable bonds is 7. The van der Waals surface area contributed by atoms with Crippen LogP contribution in [0.1, 0.15) is 44.1 Å². The van der Waals surface area contributed by atoms with Crippen molar-refractivity contribution in [3.8, 4) is 17.3 Å². The maximum Gasteiger partial charge on any atom is 0.319 e. The number of ether oxygens (including phenoxy) is 1. The molecule has 2 unspecified atom stereocenters. The van der Waals surface area contributed by atoms with Crippen LogP contribution in [0.25, 0.3) is 32.4 Å². The monoisotopic (exact) mass is 626 g/mol. The van der Waals surface area contributed by atoms with Gasteiger partial charge < -0.3 is 15.0 Å². The minimum absolute atomic E-state index is 0.0150. The standard InChI is InChI=1S/C30H30F4N8OS/c1-35-29-39-24-18(5-6-20(32)25(24)44-29)22-21(26(33)34)23-19(10-36-22)27(41-12-16-3-4-17(13-41)37-16)40-28(38-23)43-14-30-7-2-8-42(30)11-15(31)9-30/h5-6,10,15-17,26,37H,1-4,7-9,11-14H2/t15-,16?,17?,30-/m1/s1. The molecule has 230 valence electrons. The van der Waals surface area contributed by atoms with Crippen LogP contribution in [0.2, 0.25) is 0 Å². The number of aliphatic imine (C=N–C) groups is 1. The first-order valence-electron chi connectivity index (χ1n) is 14.9. The third kappa shape index (κ3) is 4.52. The highest BCUT2D eigenvalue weighted by atomic mass is 32.1. The van der Waals surface area contributed by atoms with E-state index in [2.05, 4.69) is 41.8 Å². The molecule has 7 heterocycles. The van der Waals surface area contributed by atoms with Crippen LogP contribution in [0.5, 0.6) is 6.01 Å². The topological polar surface area (TPSA) is 91.7 Å². The molecular weight excluding hydrogens is 596 g/mol. The Balaban J connectivity index is 1.28. The average Bonchev–Trinajstić information content (AvgIpc) is 3.77. The molecule has 8 rings (SSSR count). The molecule has 4 aliphatic rings. The van der Waals surface area contributed by atoms with Gasteiger partial charge in [0.05, 0.1) is 37.9 Å². The number of alkyl halides is 3. The summed E-state index contributed by atoms with van der Waals surface area (Å²) in [6.07, 6.45) is 1.75. The normalized spacial score (nSPS) is 26.8. The third-order valence-electron chi connectivity index (χ3n) is 9.58. The molecule has 0 amide bonds. The third-order valence-corrected chi connectivity index (χ3v) is 10.6. The summed E-state index contributed by atoms with van der Waals surface area (Å²) in [5.74, 6) is -0.0529. The highest BCUT2D eigenvalue weighted by Crippen LogP contribution is 2.44. The molecule has 9 nitrogen and oxygen atoms in total. The van der Waals surface area contributed by atoms with Gasteiger partial charge in [-0.25, -0.2) is 27.5 Å². The molecule has 2 bridgehead atoms. The Morgan fingerprint density at radius 3 is 2.73 bits per heavy atom. The Morgan fingerprint density at radius 1 is 1.14 bits per heavy atom. The van der Waals surface area contributed by atoms with Crippen LogP contribution in [0, 0.1) is 5.82 Å². The van der Waals surface area contributed by atoms with Gasteiger partial charge in [0.1, 0.15) is 24.4 Å². The van der Waals surface area contributed by atoms with Gasteiger partial charge in [0.15, 0.2) is 0 Å². The number of pyridine rings is 1. The van der Waals surface area contributed by atoms with Crippen molar-refractivity contribution in [3.05, 3.63) is 29.7 Å². The summed E-state index contributed by atoms with van der Waals surface area (Å²) in [5, 5.41) is 4.20. The Kier molecular flexibility index (Phi) is 6.72. The molecule has 3 aromatic heterocycles. The maximum atomic E-state index is 15.1. The summed E-state index contributed by atoms with van der Waals surface area (Å²) in [6, 6.07) is 3.12. The highest BCUT2D eigenvalue weighted by molar-refractivity contribution is 7.22. The molecule has 0 radical (unpaired) electrons. The zero-order chi connectivity index (χ0) is 30.2. The van der Waals surface area contributed by atoms with Crippen LogP contribution in [0.15, 0.2) is 23.3 Å². The van der Waals surface area contributed by atoms with Gasteiger partial charge in [-0.1, -0.05) is 11.3 Å². The molecule has 0 spiro atoms. The zero-order valence-electron chi connectivity index (χ0n) is 23.8. The molecular formula is C30H30F4N8OS. The molecule has 0 saturated carbocycles. The Bertz CT molecular complexity index is 1780. The molecule has 4 atom stereocenters. The number of nitrogens with zero attached hydrogens (tertiary/aromatic N) is 7. The second-order valence-corrected chi connectivity index (χ2v) is 13.2. The number of nitrogens with one attached hydrogen (secondary N) is 1. The number of hydrogen-bond acceptors (Lipinski definition) is 10. The first-order chi connectivity index (χ1) is 21.3. The fraction of sp³-hybridized carbons (Fsp3) is 0.500. The highest BCUT2D eigenvalue weighted by Gasteiger charge is 2.49. The lowest BCUT2D eigenvalue weighted by Gasteiger charge is -2.34. The van der Waals surface area contributed by atoms with Crippen molar-refractivity contribution in [3.63, 3.8) is 0 Å². The summed E-state index contributed by atoms with van der Waals surface area (Å²) in [6.45, 7) is 6.12. The second kappa shape index (κ2) is 10.6.